The molecule has 0 aromatic rings. The maximum atomic E-state index is 11.2. The highest BCUT2D eigenvalue weighted by molar-refractivity contribution is 8.03. The number of methoxy groups -OCH3 is 1. The van der Waals surface area contributed by atoms with Gasteiger partial charge in [-0.3, -0.25) is 8.42 Å². The Balaban J connectivity index is 2.55. The first-order valence-corrected chi connectivity index (χ1v) is 6.25. The smallest absolute Gasteiger partial charge is 0.133 e. The van der Waals surface area contributed by atoms with Gasteiger partial charge in [0.05, 0.1) is 6.61 Å². The summed E-state index contributed by atoms with van der Waals surface area (Å²) in [5.41, 5.74) is 0. The van der Waals surface area contributed by atoms with Crippen molar-refractivity contribution in [3.63, 3.8) is 0 Å². The van der Waals surface area contributed by atoms with Gasteiger partial charge in [-0.1, -0.05) is 0 Å². The van der Waals surface area contributed by atoms with E-state index in [1.54, 1.807) is 7.11 Å². The third-order valence-electron chi connectivity index (χ3n) is 1.58. The van der Waals surface area contributed by atoms with Crippen molar-refractivity contribution in [3.8, 4) is 0 Å². The van der Waals surface area contributed by atoms with Gasteiger partial charge in [0.2, 0.25) is 0 Å². The van der Waals surface area contributed by atoms with E-state index in [1.165, 1.54) is 0 Å². The van der Waals surface area contributed by atoms with E-state index in [-0.39, 0.29) is 4.58 Å². The maximum Gasteiger partial charge on any atom is 0.133 e. The van der Waals surface area contributed by atoms with Crippen LogP contribution in [0.2, 0.25) is 0 Å². The second-order valence-corrected chi connectivity index (χ2v) is 6.18. The molecule has 66 valence electrons. The first-order valence-electron chi connectivity index (χ1n) is 3.49. The van der Waals surface area contributed by atoms with Crippen molar-refractivity contribution >= 4 is 21.6 Å². The number of rotatable bonds is 2. The van der Waals surface area contributed by atoms with Crippen LogP contribution >= 0.6 is 0 Å². The molecule has 1 fully saturated rings. The molecule has 1 rings (SSSR count). The Kier molecular flexibility index (Phi) is 3.68. The van der Waals surface area contributed by atoms with Gasteiger partial charge in [0, 0.05) is 40.2 Å². The molecule has 3 nitrogen and oxygen atoms in total. The van der Waals surface area contributed by atoms with Gasteiger partial charge in [0.25, 0.3) is 0 Å². The zero-order chi connectivity index (χ0) is 8.27. The number of ether oxygens (including phenoxy) is 1. The highest BCUT2D eigenvalue weighted by atomic mass is 32.2. The van der Waals surface area contributed by atoms with Crippen LogP contribution in [0.1, 0.15) is 6.42 Å². The van der Waals surface area contributed by atoms with E-state index in [1.807, 2.05) is 0 Å². The third-order valence-corrected chi connectivity index (χ3v) is 5.70. The fourth-order valence-electron chi connectivity index (χ4n) is 1.01. The van der Waals surface area contributed by atoms with Crippen molar-refractivity contribution < 1.29 is 13.2 Å². The van der Waals surface area contributed by atoms with Gasteiger partial charge >= 0.3 is 0 Å². The highest BCUT2D eigenvalue weighted by Crippen LogP contribution is 2.12. The molecule has 0 amide bonds. The standard InChI is InChI=1S/C6H12O3S2/c1-9-5-6-10(7)3-2-4-11(6)8/h6H,2-5H2,1H3/t6?,10-,11+. The Morgan fingerprint density at radius 3 is 2.36 bits per heavy atom. The zero-order valence-corrected chi connectivity index (χ0v) is 8.08. The summed E-state index contributed by atoms with van der Waals surface area (Å²) >= 11 is 0. The molecule has 0 aliphatic carbocycles. The lowest BCUT2D eigenvalue weighted by atomic mass is 10.6. The molecule has 1 aliphatic rings. The van der Waals surface area contributed by atoms with Gasteiger partial charge in [-0.25, -0.2) is 0 Å². The lowest BCUT2D eigenvalue weighted by Gasteiger charge is -2.19. The third kappa shape index (κ3) is 2.35. The van der Waals surface area contributed by atoms with Crippen LogP contribution in [0.15, 0.2) is 0 Å². The number of hydrogen-bond donors (Lipinski definition) is 0. The zero-order valence-electron chi connectivity index (χ0n) is 6.45. The van der Waals surface area contributed by atoms with Crippen LogP contribution in [0.4, 0.5) is 0 Å². The predicted molar refractivity (Wildman–Crippen MR) is 46.3 cm³/mol. The maximum absolute atomic E-state index is 11.2. The molecule has 1 aliphatic heterocycles. The van der Waals surface area contributed by atoms with Crippen LogP contribution in [-0.2, 0) is 26.3 Å². The highest BCUT2D eigenvalue weighted by Gasteiger charge is 2.27. The molecular weight excluding hydrogens is 184 g/mol. The largest absolute Gasteiger partial charge is 0.382 e. The Morgan fingerprint density at radius 1 is 1.36 bits per heavy atom. The normalized spacial score (nSPS) is 38.8. The van der Waals surface area contributed by atoms with Crippen molar-refractivity contribution in [2.75, 3.05) is 25.2 Å². The molecule has 0 bridgehead atoms. The van der Waals surface area contributed by atoms with E-state index in [9.17, 15) is 8.42 Å². The molecule has 3 atom stereocenters. The average Bonchev–Trinajstić information content (AvgIpc) is 1.97. The summed E-state index contributed by atoms with van der Waals surface area (Å²) in [6.45, 7) is 0.360. The van der Waals surface area contributed by atoms with E-state index in [0.29, 0.717) is 18.1 Å². The Morgan fingerprint density at radius 2 is 1.91 bits per heavy atom. The molecule has 11 heavy (non-hydrogen) atoms. The second-order valence-electron chi connectivity index (χ2n) is 2.41. The minimum atomic E-state index is -0.933. The van der Waals surface area contributed by atoms with Gasteiger partial charge in [-0.2, -0.15) is 0 Å². The summed E-state index contributed by atoms with van der Waals surface area (Å²) in [6, 6.07) is 0. The van der Waals surface area contributed by atoms with Gasteiger partial charge in [0.15, 0.2) is 0 Å². The average molecular weight is 196 g/mol. The van der Waals surface area contributed by atoms with Crippen LogP contribution in [-0.4, -0.2) is 38.2 Å². The van der Waals surface area contributed by atoms with Crippen molar-refractivity contribution in [1.82, 2.24) is 0 Å². The lowest BCUT2D eigenvalue weighted by Crippen LogP contribution is -2.34. The molecule has 0 saturated carbocycles. The molecule has 0 spiro atoms. The second kappa shape index (κ2) is 4.33. The molecule has 0 aromatic carbocycles. The fourth-order valence-corrected chi connectivity index (χ4v) is 4.69. The molecule has 1 saturated heterocycles. The van der Waals surface area contributed by atoms with Crippen LogP contribution in [0.25, 0.3) is 0 Å². The molecule has 1 unspecified atom stereocenters. The van der Waals surface area contributed by atoms with Crippen molar-refractivity contribution in [2.24, 2.45) is 0 Å². The lowest BCUT2D eigenvalue weighted by molar-refractivity contribution is 0.211. The van der Waals surface area contributed by atoms with Gasteiger partial charge in [-0.15, -0.1) is 0 Å². The van der Waals surface area contributed by atoms with Crippen molar-refractivity contribution in [2.45, 2.75) is 11.0 Å². The molecular formula is C6H12O3S2. The van der Waals surface area contributed by atoms with E-state index in [4.69, 9.17) is 4.74 Å². The fraction of sp³-hybridized carbons (Fsp3) is 1.00. The Hall–Kier alpha value is 0.260. The summed E-state index contributed by atoms with van der Waals surface area (Å²) in [6.07, 6.45) is 0.819. The Labute approximate surface area is 71.4 Å². The molecule has 5 heteroatoms. The van der Waals surface area contributed by atoms with E-state index in [2.05, 4.69) is 0 Å². The quantitative estimate of drug-likeness (QED) is 0.617. The minimum Gasteiger partial charge on any atom is -0.382 e. The van der Waals surface area contributed by atoms with E-state index >= 15 is 0 Å². The molecule has 0 N–H and O–H groups in total. The SMILES string of the molecule is COCC1[S@](=O)CCC[S@@]1=O. The van der Waals surface area contributed by atoms with E-state index < -0.39 is 21.6 Å². The van der Waals surface area contributed by atoms with Gasteiger partial charge in [-0.05, 0) is 6.42 Å². The van der Waals surface area contributed by atoms with Crippen molar-refractivity contribution in [1.29, 1.82) is 0 Å². The summed E-state index contributed by atoms with van der Waals surface area (Å²) < 4.78 is 27.1. The van der Waals surface area contributed by atoms with Crippen LogP contribution in [0.5, 0.6) is 0 Å². The minimum absolute atomic E-state index is 0.242. The molecule has 1 heterocycles. The first kappa shape index (κ1) is 9.35. The summed E-state index contributed by atoms with van der Waals surface area (Å²) in [4.78, 5) is 0. The van der Waals surface area contributed by atoms with E-state index in [0.717, 1.165) is 6.42 Å². The van der Waals surface area contributed by atoms with Crippen LogP contribution in [0.3, 0.4) is 0 Å². The van der Waals surface area contributed by atoms with Gasteiger partial charge < -0.3 is 4.74 Å². The van der Waals surface area contributed by atoms with Crippen LogP contribution in [0, 0.1) is 0 Å². The summed E-state index contributed by atoms with van der Waals surface area (Å²) in [5, 5.41) is 0. The monoisotopic (exact) mass is 196 g/mol. The first-order chi connectivity index (χ1) is 5.25. The summed E-state index contributed by atoms with van der Waals surface area (Å²) in [5.74, 6) is 1.36. The van der Waals surface area contributed by atoms with Gasteiger partial charge in [0.1, 0.15) is 4.58 Å². The predicted octanol–water partition coefficient (Wildman–Crippen LogP) is -0.140. The topological polar surface area (TPSA) is 43.4 Å². The summed E-state index contributed by atoms with van der Waals surface area (Å²) in [7, 11) is -0.322. The van der Waals surface area contributed by atoms with Crippen molar-refractivity contribution in [3.05, 3.63) is 0 Å². The molecule has 0 radical (unpaired) electrons. The van der Waals surface area contributed by atoms with Crippen LogP contribution < -0.4 is 0 Å². The molecule has 0 aromatic heterocycles. The Bertz CT molecular complexity index is 165. The number of hydrogen-bond acceptors (Lipinski definition) is 3.